The maximum absolute atomic E-state index is 4.40. The second-order valence-corrected chi connectivity index (χ2v) is 4.92. The third-order valence-corrected chi connectivity index (χ3v) is 2.94. The molecule has 1 aromatic carbocycles. The van der Waals surface area contributed by atoms with Gasteiger partial charge >= 0.3 is 0 Å². The van der Waals surface area contributed by atoms with Crippen molar-refractivity contribution in [2.24, 2.45) is 5.92 Å². The van der Waals surface area contributed by atoms with E-state index in [1.54, 1.807) is 0 Å². The van der Waals surface area contributed by atoms with Crippen molar-refractivity contribution in [2.75, 3.05) is 11.9 Å². The van der Waals surface area contributed by atoms with Crippen LogP contribution in [-0.2, 0) is 6.42 Å². The minimum atomic E-state index is 0.607. The second kappa shape index (κ2) is 5.71. The molecule has 0 saturated carbocycles. The summed E-state index contributed by atoms with van der Waals surface area (Å²) in [6.07, 6.45) is 0.959. The van der Waals surface area contributed by atoms with E-state index in [4.69, 9.17) is 0 Å². The molecule has 2 N–H and O–H groups in total. The van der Waals surface area contributed by atoms with Crippen LogP contribution in [0.3, 0.4) is 0 Å². The molecule has 18 heavy (non-hydrogen) atoms. The minimum absolute atomic E-state index is 0.607. The molecule has 0 spiro atoms. The van der Waals surface area contributed by atoms with Gasteiger partial charge in [-0.3, -0.25) is 5.10 Å². The average Bonchev–Trinajstić information content (AvgIpc) is 2.80. The fourth-order valence-electron chi connectivity index (χ4n) is 1.98. The van der Waals surface area contributed by atoms with Crippen molar-refractivity contribution in [3.8, 4) is 11.1 Å². The van der Waals surface area contributed by atoms with Crippen LogP contribution in [-0.4, -0.2) is 16.7 Å². The summed E-state index contributed by atoms with van der Waals surface area (Å²) in [5.74, 6) is 1.57. The first-order chi connectivity index (χ1) is 8.72. The third kappa shape index (κ3) is 2.73. The zero-order chi connectivity index (χ0) is 13.0. The summed E-state index contributed by atoms with van der Waals surface area (Å²) in [4.78, 5) is 0. The normalized spacial score (nSPS) is 10.9. The van der Waals surface area contributed by atoms with Gasteiger partial charge in [0, 0.05) is 17.8 Å². The summed E-state index contributed by atoms with van der Waals surface area (Å²) < 4.78 is 0. The highest BCUT2D eigenvalue weighted by Crippen LogP contribution is 2.29. The van der Waals surface area contributed by atoms with Gasteiger partial charge in [-0.1, -0.05) is 51.1 Å². The molecule has 1 heterocycles. The molecule has 3 nitrogen and oxygen atoms in total. The smallest absolute Gasteiger partial charge is 0.155 e. The van der Waals surface area contributed by atoms with Gasteiger partial charge in [-0.15, -0.1) is 0 Å². The molecule has 1 aromatic heterocycles. The second-order valence-electron chi connectivity index (χ2n) is 4.92. The van der Waals surface area contributed by atoms with E-state index in [0.717, 1.165) is 18.8 Å². The van der Waals surface area contributed by atoms with Crippen LogP contribution in [0, 0.1) is 5.92 Å². The monoisotopic (exact) mass is 243 g/mol. The third-order valence-electron chi connectivity index (χ3n) is 2.94. The Kier molecular flexibility index (Phi) is 4.03. The van der Waals surface area contributed by atoms with E-state index in [1.807, 2.05) is 6.07 Å². The molecule has 2 aromatic rings. The highest BCUT2D eigenvalue weighted by Gasteiger charge is 2.13. The van der Waals surface area contributed by atoms with Crippen LogP contribution in [0.1, 0.15) is 26.5 Å². The van der Waals surface area contributed by atoms with Crippen molar-refractivity contribution in [2.45, 2.75) is 27.2 Å². The summed E-state index contributed by atoms with van der Waals surface area (Å²) >= 11 is 0. The van der Waals surface area contributed by atoms with E-state index in [9.17, 15) is 0 Å². The van der Waals surface area contributed by atoms with Crippen LogP contribution < -0.4 is 5.32 Å². The Balaban J connectivity index is 2.34. The Morgan fingerprint density at radius 1 is 1.22 bits per heavy atom. The fourth-order valence-corrected chi connectivity index (χ4v) is 1.98. The van der Waals surface area contributed by atoms with Gasteiger partial charge in [0.05, 0.1) is 0 Å². The lowest BCUT2D eigenvalue weighted by molar-refractivity contribution is 0.687. The Morgan fingerprint density at radius 3 is 2.56 bits per heavy atom. The first-order valence-corrected chi connectivity index (χ1v) is 6.59. The fraction of sp³-hybridized carbons (Fsp3) is 0.400. The van der Waals surface area contributed by atoms with Crippen molar-refractivity contribution >= 4 is 5.82 Å². The number of hydrogen-bond donors (Lipinski definition) is 2. The van der Waals surface area contributed by atoms with Crippen LogP contribution in [0.2, 0.25) is 0 Å². The molecule has 0 atom stereocenters. The van der Waals surface area contributed by atoms with Gasteiger partial charge in [0.1, 0.15) is 0 Å². The predicted octanol–water partition coefficient (Wildman–Crippen LogP) is 3.71. The van der Waals surface area contributed by atoms with Crippen molar-refractivity contribution < 1.29 is 0 Å². The van der Waals surface area contributed by atoms with Gasteiger partial charge in [-0.2, -0.15) is 5.10 Å². The molecule has 0 saturated heterocycles. The number of H-pyrrole nitrogens is 1. The van der Waals surface area contributed by atoms with Crippen LogP contribution in [0.25, 0.3) is 11.1 Å². The van der Waals surface area contributed by atoms with Gasteiger partial charge < -0.3 is 5.32 Å². The van der Waals surface area contributed by atoms with Crippen molar-refractivity contribution in [1.82, 2.24) is 10.2 Å². The standard InChI is InChI=1S/C15H21N3/c1-4-13-14(12-8-6-5-7-9-12)15(18-17-13)16-10-11(2)3/h5-9,11H,4,10H2,1-3H3,(H2,16,17,18). The topological polar surface area (TPSA) is 40.7 Å². The van der Waals surface area contributed by atoms with Gasteiger partial charge in [0.25, 0.3) is 0 Å². The number of aryl methyl sites for hydroxylation is 1. The highest BCUT2D eigenvalue weighted by atomic mass is 15.2. The summed E-state index contributed by atoms with van der Waals surface area (Å²) in [5.41, 5.74) is 3.61. The maximum Gasteiger partial charge on any atom is 0.155 e. The van der Waals surface area contributed by atoms with Crippen LogP contribution in [0.4, 0.5) is 5.82 Å². The molecule has 0 bridgehead atoms. The maximum atomic E-state index is 4.40. The van der Waals surface area contributed by atoms with Gasteiger partial charge in [-0.05, 0) is 17.9 Å². The molecule has 3 heteroatoms. The molecule has 0 fully saturated rings. The Labute approximate surface area is 109 Å². The van der Waals surface area contributed by atoms with Crippen LogP contribution >= 0.6 is 0 Å². The number of nitrogens with zero attached hydrogens (tertiary/aromatic N) is 1. The molecule has 0 unspecified atom stereocenters. The van der Waals surface area contributed by atoms with E-state index in [2.05, 4.69) is 60.6 Å². The lowest BCUT2D eigenvalue weighted by Gasteiger charge is -2.09. The zero-order valence-electron chi connectivity index (χ0n) is 11.3. The molecule has 0 aliphatic heterocycles. The number of nitrogens with one attached hydrogen (secondary N) is 2. The largest absolute Gasteiger partial charge is 0.368 e. The van der Waals surface area contributed by atoms with E-state index in [0.29, 0.717) is 5.92 Å². The van der Waals surface area contributed by atoms with E-state index >= 15 is 0 Å². The molecule has 0 aliphatic carbocycles. The number of anilines is 1. The van der Waals surface area contributed by atoms with Crippen molar-refractivity contribution in [3.05, 3.63) is 36.0 Å². The summed E-state index contributed by atoms with van der Waals surface area (Å²) in [6, 6.07) is 10.4. The first kappa shape index (κ1) is 12.7. The van der Waals surface area contributed by atoms with Gasteiger partial charge in [0.2, 0.25) is 0 Å². The molecule has 0 radical (unpaired) electrons. The first-order valence-electron chi connectivity index (χ1n) is 6.59. The summed E-state index contributed by atoms with van der Waals surface area (Å²) in [6.45, 7) is 7.48. The van der Waals surface area contributed by atoms with Gasteiger partial charge in [0.15, 0.2) is 5.82 Å². The highest BCUT2D eigenvalue weighted by molar-refractivity contribution is 5.77. The average molecular weight is 243 g/mol. The number of hydrogen-bond acceptors (Lipinski definition) is 2. The SMILES string of the molecule is CCc1[nH]nc(NCC(C)C)c1-c1ccccc1. The molecular formula is C15H21N3. The van der Waals surface area contributed by atoms with E-state index in [1.165, 1.54) is 16.8 Å². The molecule has 0 amide bonds. The Bertz CT molecular complexity index is 486. The number of aromatic nitrogens is 2. The number of benzene rings is 1. The molecule has 2 rings (SSSR count). The van der Waals surface area contributed by atoms with E-state index in [-0.39, 0.29) is 0 Å². The lowest BCUT2D eigenvalue weighted by Crippen LogP contribution is -2.08. The lowest BCUT2D eigenvalue weighted by atomic mass is 10.0. The van der Waals surface area contributed by atoms with E-state index < -0.39 is 0 Å². The van der Waals surface area contributed by atoms with Crippen LogP contribution in [0.5, 0.6) is 0 Å². The van der Waals surface area contributed by atoms with Crippen molar-refractivity contribution in [3.63, 3.8) is 0 Å². The summed E-state index contributed by atoms with van der Waals surface area (Å²) in [5, 5.41) is 11.0. The number of rotatable bonds is 5. The minimum Gasteiger partial charge on any atom is -0.368 e. The van der Waals surface area contributed by atoms with Crippen molar-refractivity contribution in [1.29, 1.82) is 0 Å². The molecule has 0 aliphatic rings. The quantitative estimate of drug-likeness (QED) is 0.840. The zero-order valence-corrected chi connectivity index (χ0v) is 11.3. The molecular weight excluding hydrogens is 222 g/mol. The summed E-state index contributed by atoms with van der Waals surface area (Å²) in [7, 11) is 0. The molecule has 96 valence electrons. The Hall–Kier alpha value is -1.77. The predicted molar refractivity (Wildman–Crippen MR) is 76.7 cm³/mol. The van der Waals surface area contributed by atoms with Crippen LogP contribution in [0.15, 0.2) is 30.3 Å². The van der Waals surface area contributed by atoms with Gasteiger partial charge in [-0.25, -0.2) is 0 Å². The Morgan fingerprint density at radius 2 is 1.94 bits per heavy atom. The number of aromatic amines is 1.